The summed E-state index contributed by atoms with van der Waals surface area (Å²) in [7, 11) is 0. The average molecular weight is 275 g/mol. The lowest BCUT2D eigenvalue weighted by molar-refractivity contribution is -0.000806. The number of rotatable bonds is 3. The van der Waals surface area contributed by atoms with Gasteiger partial charge in [-0.3, -0.25) is 0 Å². The quantitative estimate of drug-likeness (QED) is 0.793. The predicted molar refractivity (Wildman–Crippen MR) is 78.5 cm³/mol. The van der Waals surface area contributed by atoms with E-state index < -0.39 is 5.60 Å². The van der Waals surface area contributed by atoms with E-state index in [1.165, 1.54) is 6.42 Å². The standard InChI is InChI=1S/C14H21N5O/c1-10-3-2-4-14(20,7-10)9-17-12-13-16-5-6-19(13)8-11(15)18-12/h5-6,8,10,20H,2-4,7,9,15H2,1H3,(H,17,18). The summed E-state index contributed by atoms with van der Waals surface area (Å²) in [5.41, 5.74) is 5.85. The van der Waals surface area contributed by atoms with Crippen molar-refractivity contribution in [2.75, 3.05) is 17.6 Å². The summed E-state index contributed by atoms with van der Waals surface area (Å²) in [4.78, 5) is 8.54. The Kier molecular flexibility index (Phi) is 3.25. The van der Waals surface area contributed by atoms with Crippen molar-refractivity contribution in [1.82, 2.24) is 14.4 Å². The highest BCUT2D eigenvalue weighted by Gasteiger charge is 2.32. The Bertz CT molecular complexity index is 611. The molecule has 20 heavy (non-hydrogen) atoms. The van der Waals surface area contributed by atoms with Gasteiger partial charge in [-0.2, -0.15) is 0 Å². The number of hydrogen-bond acceptors (Lipinski definition) is 5. The van der Waals surface area contributed by atoms with Crippen molar-refractivity contribution in [2.24, 2.45) is 5.92 Å². The van der Waals surface area contributed by atoms with Crippen LogP contribution in [0.15, 0.2) is 18.6 Å². The first-order valence-electron chi connectivity index (χ1n) is 7.11. The number of anilines is 2. The molecular weight excluding hydrogens is 254 g/mol. The van der Waals surface area contributed by atoms with Gasteiger partial charge >= 0.3 is 0 Å². The molecule has 2 atom stereocenters. The fourth-order valence-corrected chi connectivity index (χ4v) is 3.11. The molecule has 108 valence electrons. The molecule has 6 heteroatoms. The molecule has 0 spiro atoms. The first-order chi connectivity index (χ1) is 9.56. The second-order valence-electron chi connectivity index (χ2n) is 5.95. The Hall–Kier alpha value is -1.82. The molecule has 2 aromatic rings. The van der Waals surface area contributed by atoms with Gasteiger partial charge in [-0.05, 0) is 18.8 Å². The third-order valence-electron chi connectivity index (χ3n) is 4.05. The number of hydrogen-bond donors (Lipinski definition) is 3. The number of nitrogens with two attached hydrogens (primary N) is 1. The monoisotopic (exact) mass is 275 g/mol. The van der Waals surface area contributed by atoms with Crippen molar-refractivity contribution in [3.05, 3.63) is 18.6 Å². The zero-order valence-corrected chi connectivity index (χ0v) is 11.7. The van der Waals surface area contributed by atoms with Gasteiger partial charge in [0.15, 0.2) is 11.5 Å². The largest absolute Gasteiger partial charge is 0.388 e. The summed E-state index contributed by atoms with van der Waals surface area (Å²) in [5.74, 6) is 1.62. The van der Waals surface area contributed by atoms with Crippen LogP contribution in [-0.2, 0) is 0 Å². The first-order valence-corrected chi connectivity index (χ1v) is 7.11. The van der Waals surface area contributed by atoms with Crippen molar-refractivity contribution >= 4 is 17.3 Å². The minimum Gasteiger partial charge on any atom is -0.388 e. The van der Waals surface area contributed by atoms with Crippen molar-refractivity contribution < 1.29 is 5.11 Å². The molecule has 2 aromatic heterocycles. The second kappa shape index (κ2) is 4.94. The molecule has 4 N–H and O–H groups in total. The van der Waals surface area contributed by atoms with Gasteiger partial charge in [0.1, 0.15) is 5.82 Å². The second-order valence-corrected chi connectivity index (χ2v) is 5.95. The van der Waals surface area contributed by atoms with Gasteiger partial charge in [-0.15, -0.1) is 0 Å². The summed E-state index contributed by atoms with van der Waals surface area (Å²) in [5, 5.41) is 13.9. The van der Waals surface area contributed by atoms with E-state index in [-0.39, 0.29) is 0 Å². The van der Waals surface area contributed by atoms with Crippen LogP contribution in [0.25, 0.3) is 5.65 Å². The lowest BCUT2D eigenvalue weighted by Gasteiger charge is -2.35. The van der Waals surface area contributed by atoms with Gasteiger partial charge in [0.25, 0.3) is 0 Å². The Morgan fingerprint density at radius 1 is 1.60 bits per heavy atom. The van der Waals surface area contributed by atoms with Crippen LogP contribution in [0.1, 0.15) is 32.6 Å². The van der Waals surface area contributed by atoms with E-state index in [0.717, 1.165) is 24.9 Å². The molecule has 0 saturated heterocycles. The van der Waals surface area contributed by atoms with Crippen LogP contribution in [0.2, 0.25) is 0 Å². The van der Waals surface area contributed by atoms with Gasteiger partial charge in [-0.1, -0.05) is 19.8 Å². The van der Waals surface area contributed by atoms with Crippen LogP contribution in [0.4, 0.5) is 11.6 Å². The molecule has 6 nitrogen and oxygen atoms in total. The van der Waals surface area contributed by atoms with Crippen LogP contribution in [0, 0.1) is 5.92 Å². The SMILES string of the molecule is CC1CCCC(O)(CNc2nc(N)cn3ccnc23)C1. The van der Waals surface area contributed by atoms with Crippen molar-refractivity contribution in [1.29, 1.82) is 0 Å². The number of nitrogens with zero attached hydrogens (tertiary/aromatic N) is 3. The molecule has 3 rings (SSSR count). The van der Waals surface area contributed by atoms with E-state index in [9.17, 15) is 5.11 Å². The maximum absolute atomic E-state index is 10.6. The van der Waals surface area contributed by atoms with E-state index in [4.69, 9.17) is 5.73 Å². The van der Waals surface area contributed by atoms with E-state index in [2.05, 4.69) is 22.2 Å². The third kappa shape index (κ3) is 2.56. The normalized spacial score (nSPS) is 26.8. The van der Waals surface area contributed by atoms with Crippen LogP contribution >= 0.6 is 0 Å². The number of aromatic nitrogens is 3. The van der Waals surface area contributed by atoms with E-state index >= 15 is 0 Å². The number of fused-ring (bicyclic) bond motifs is 1. The summed E-state index contributed by atoms with van der Waals surface area (Å²) >= 11 is 0. The van der Waals surface area contributed by atoms with E-state index in [1.807, 2.05) is 10.6 Å². The molecule has 0 amide bonds. The Labute approximate surface area is 118 Å². The Morgan fingerprint density at radius 2 is 2.45 bits per heavy atom. The number of nitrogen functional groups attached to an aromatic ring is 1. The average Bonchev–Trinajstić information content (AvgIpc) is 2.83. The van der Waals surface area contributed by atoms with Crippen LogP contribution in [0.5, 0.6) is 0 Å². The van der Waals surface area contributed by atoms with Gasteiger partial charge in [0.2, 0.25) is 0 Å². The molecule has 1 aliphatic rings. The smallest absolute Gasteiger partial charge is 0.180 e. The summed E-state index contributed by atoms with van der Waals surface area (Å²) < 4.78 is 1.83. The maximum Gasteiger partial charge on any atom is 0.180 e. The maximum atomic E-state index is 10.6. The zero-order chi connectivity index (χ0) is 14.2. The fourth-order valence-electron chi connectivity index (χ4n) is 3.11. The number of nitrogens with one attached hydrogen (secondary N) is 1. The zero-order valence-electron chi connectivity index (χ0n) is 11.7. The van der Waals surface area contributed by atoms with Gasteiger partial charge in [-0.25, -0.2) is 9.97 Å². The molecule has 1 saturated carbocycles. The molecule has 0 aliphatic heterocycles. The Balaban J connectivity index is 1.78. The summed E-state index contributed by atoms with van der Waals surface area (Å²) in [6, 6.07) is 0. The molecule has 2 unspecified atom stereocenters. The molecule has 2 heterocycles. The predicted octanol–water partition coefficient (Wildman–Crippen LogP) is 1.66. The fraction of sp³-hybridized carbons (Fsp3) is 0.571. The first kappa shape index (κ1) is 13.2. The summed E-state index contributed by atoms with van der Waals surface area (Å²) in [6.45, 7) is 2.67. The number of imidazole rings is 1. The molecule has 0 aromatic carbocycles. The van der Waals surface area contributed by atoms with Gasteiger partial charge in [0, 0.05) is 18.9 Å². The van der Waals surface area contributed by atoms with Crippen LogP contribution in [-0.4, -0.2) is 31.6 Å². The van der Waals surface area contributed by atoms with Gasteiger partial charge in [0.05, 0.1) is 11.8 Å². The number of aliphatic hydroxyl groups is 1. The molecule has 0 bridgehead atoms. The topological polar surface area (TPSA) is 88.5 Å². The van der Waals surface area contributed by atoms with Crippen LogP contribution < -0.4 is 11.1 Å². The Morgan fingerprint density at radius 3 is 3.25 bits per heavy atom. The third-order valence-corrected chi connectivity index (χ3v) is 4.05. The van der Waals surface area contributed by atoms with Crippen LogP contribution in [0.3, 0.4) is 0 Å². The molecule has 0 radical (unpaired) electrons. The van der Waals surface area contributed by atoms with E-state index in [1.54, 1.807) is 12.4 Å². The molecule has 1 fully saturated rings. The lowest BCUT2D eigenvalue weighted by atomic mass is 9.79. The molecular formula is C14H21N5O. The lowest BCUT2D eigenvalue weighted by Crippen LogP contribution is -2.41. The minimum atomic E-state index is -0.659. The van der Waals surface area contributed by atoms with Crippen molar-refractivity contribution in [3.63, 3.8) is 0 Å². The molecule has 1 aliphatic carbocycles. The van der Waals surface area contributed by atoms with Crippen molar-refractivity contribution in [3.8, 4) is 0 Å². The highest BCUT2D eigenvalue weighted by Crippen LogP contribution is 2.32. The minimum absolute atomic E-state index is 0.432. The van der Waals surface area contributed by atoms with Crippen molar-refractivity contribution in [2.45, 2.75) is 38.2 Å². The van der Waals surface area contributed by atoms with E-state index in [0.29, 0.717) is 24.1 Å². The van der Waals surface area contributed by atoms with Gasteiger partial charge < -0.3 is 20.6 Å². The highest BCUT2D eigenvalue weighted by atomic mass is 16.3. The summed E-state index contributed by atoms with van der Waals surface area (Å²) in [6.07, 6.45) is 9.19. The highest BCUT2D eigenvalue weighted by molar-refractivity contribution is 5.64.